The van der Waals surface area contributed by atoms with Crippen LogP contribution in [0.5, 0.6) is 0 Å². The minimum atomic E-state index is 0.412. The fraction of sp³-hybridized carbons (Fsp3) is 0.231. The summed E-state index contributed by atoms with van der Waals surface area (Å²) in [4.78, 5) is 9.11. The molecule has 0 atom stereocenters. The van der Waals surface area contributed by atoms with Crippen molar-refractivity contribution in [3.63, 3.8) is 0 Å². The maximum atomic E-state index is 6.01. The first-order chi connectivity index (χ1) is 9.17. The zero-order chi connectivity index (χ0) is 13.4. The summed E-state index contributed by atoms with van der Waals surface area (Å²) in [6, 6.07) is 6.27. The predicted octanol–water partition coefficient (Wildman–Crippen LogP) is 4.19. The molecule has 0 fully saturated rings. The van der Waals surface area contributed by atoms with E-state index in [1.807, 2.05) is 6.92 Å². The molecule has 0 spiro atoms. The molecule has 0 amide bonds. The molecule has 1 aromatic carbocycles. The predicted molar refractivity (Wildman–Crippen MR) is 88.0 cm³/mol. The van der Waals surface area contributed by atoms with Gasteiger partial charge in [0.05, 0.1) is 23.5 Å². The molecule has 3 rings (SSSR count). The lowest BCUT2D eigenvalue weighted by Gasteiger charge is -2.05. The van der Waals surface area contributed by atoms with Gasteiger partial charge in [-0.05, 0) is 47.7 Å². The summed E-state index contributed by atoms with van der Waals surface area (Å²) in [5, 5.41) is 3.15. The highest BCUT2D eigenvalue weighted by atomic mass is 127. The number of thiazole rings is 1. The van der Waals surface area contributed by atoms with E-state index in [4.69, 9.17) is 11.6 Å². The van der Waals surface area contributed by atoms with Gasteiger partial charge in [-0.1, -0.05) is 0 Å². The third-order valence-electron chi connectivity index (χ3n) is 2.87. The minimum Gasteiger partial charge on any atom is -0.320 e. The summed E-state index contributed by atoms with van der Waals surface area (Å²) in [5.74, 6) is 1.31. The quantitative estimate of drug-likeness (QED) is 0.485. The van der Waals surface area contributed by atoms with Gasteiger partial charge in [0.25, 0.3) is 0 Å². The van der Waals surface area contributed by atoms with E-state index in [0.717, 1.165) is 34.1 Å². The Morgan fingerprint density at radius 2 is 2.21 bits per heavy atom. The molecule has 2 aromatic heterocycles. The lowest BCUT2D eigenvalue weighted by atomic mass is 10.3. The summed E-state index contributed by atoms with van der Waals surface area (Å²) in [6.45, 7) is 2.74. The molecule has 19 heavy (non-hydrogen) atoms. The lowest BCUT2D eigenvalue weighted by molar-refractivity contribution is 0.771. The molecule has 0 aliphatic heterocycles. The summed E-state index contributed by atoms with van der Waals surface area (Å²) in [7, 11) is 0. The number of imidazole rings is 1. The zero-order valence-electron chi connectivity index (χ0n) is 10.2. The zero-order valence-corrected chi connectivity index (χ0v) is 14.0. The number of hydrogen-bond acceptors (Lipinski definition) is 3. The van der Waals surface area contributed by atoms with Crippen LogP contribution in [0.15, 0.2) is 23.6 Å². The SMILES string of the molecule is Cc1csc(Cn2c(CCl)nc3cc(I)ccc32)n1. The van der Waals surface area contributed by atoms with Gasteiger partial charge in [0.15, 0.2) is 0 Å². The van der Waals surface area contributed by atoms with E-state index in [2.05, 4.69) is 60.7 Å². The fourth-order valence-corrected chi connectivity index (χ4v) is 3.48. The molecule has 0 unspecified atom stereocenters. The Bertz CT molecular complexity index is 735. The molecule has 6 heteroatoms. The highest BCUT2D eigenvalue weighted by Gasteiger charge is 2.12. The smallest absolute Gasteiger partial charge is 0.125 e. The standard InChI is InChI=1S/C13H11ClIN3S/c1-8-7-19-13(16-8)6-18-11-3-2-9(15)4-10(11)17-12(18)5-14/h2-4,7H,5-6H2,1H3. The Hall–Kier alpha value is -0.660. The van der Waals surface area contributed by atoms with E-state index < -0.39 is 0 Å². The summed E-state index contributed by atoms with van der Waals surface area (Å²) in [5.41, 5.74) is 3.17. The molecule has 0 aliphatic carbocycles. The summed E-state index contributed by atoms with van der Waals surface area (Å²) >= 11 is 9.98. The molecule has 0 saturated carbocycles. The van der Waals surface area contributed by atoms with Crippen LogP contribution >= 0.6 is 45.5 Å². The number of benzene rings is 1. The second kappa shape index (κ2) is 5.38. The largest absolute Gasteiger partial charge is 0.320 e. The van der Waals surface area contributed by atoms with Crippen molar-refractivity contribution < 1.29 is 0 Å². The third-order valence-corrected chi connectivity index (χ3v) is 4.73. The van der Waals surface area contributed by atoms with Crippen LogP contribution in [0, 0.1) is 10.5 Å². The van der Waals surface area contributed by atoms with Crippen LogP contribution in [-0.2, 0) is 12.4 Å². The van der Waals surface area contributed by atoms with Gasteiger partial charge in [-0.2, -0.15) is 0 Å². The van der Waals surface area contributed by atoms with Gasteiger partial charge in [0, 0.05) is 14.6 Å². The van der Waals surface area contributed by atoms with E-state index in [9.17, 15) is 0 Å². The minimum absolute atomic E-state index is 0.412. The van der Waals surface area contributed by atoms with Crippen molar-refractivity contribution >= 4 is 56.6 Å². The molecule has 0 aliphatic rings. The first-order valence-electron chi connectivity index (χ1n) is 5.79. The van der Waals surface area contributed by atoms with Crippen LogP contribution in [0.25, 0.3) is 11.0 Å². The Balaban J connectivity index is 2.10. The number of alkyl halides is 1. The van der Waals surface area contributed by atoms with E-state index in [1.165, 1.54) is 3.57 Å². The summed E-state index contributed by atoms with van der Waals surface area (Å²) in [6.07, 6.45) is 0. The van der Waals surface area contributed by atoms with E-state index in [0.29, 0.717) is 5.88 Å². The molecule has 3 nitrogen and oxygen atoms in total. The van der Waals surface area contributed by atoms with Crippen LogP contribution < -0.4 is 0 Å². The number of aryl methyl sites for hydroxylation is 1. The number of rotatable bonds is 3. The van der Waals surface area contributed by atoms with Gasteiger partial charge in [-0.15, -0.1) is 22.9 Å². The molecule has 0 N–H and O–H groups in total. The van der Waals surface area contributed by atoms with Gasteiger partial charge in [0.2, 0.25) is 0 Å². The normalized spacial score (nSPS) is 11.3. The first kappa shape index (κ1) is 13.3. The molecule has 3 aromatic rings. The van der Waals surface area contributed by atoms with E-state index in [1.54, 1.807) is 11.3 Å². The highest BCUT2D eigenvalue weighted by molar-refractivity contribution is 14.1. The van der Waals surface area contributed by atoms with Gasteiger partial charge >= 0.3 is 0 Å². The van der Waals surface area contributed by atoms with Crippen LogP contribution in [0.4, 0.5) is 0 Å². The lowest BCUT2D eigenvalue weighted by Crippen LogP contribution is -2.03. The first-order valence-corrected chi connectivity index (χ1v) is 8.28. The Labute approximate surface area is 133 Å². The topological polar surface area (TPSA) is 30.7 Å². The van der Waals surface area contributed by atoms with Gasteiger partial charge < -0.3 is 4.57 Å². The second-order valence-electron chi connectivity index (χ2n) is 4.26. The van der Waals surface area contributed by atoms with E-state index in [-0.39, 0.29) is 0 Å². The van der Waals surface area contributed by atoms with E-state index >= 15 is 0 Å². The molecular weight excluding hydrogens is 393 g/mol. The molecule has 0 radical (unpaired) electrons. The second-order valence-corrected chi connectivity index (χ2v) is 6.72. The van der Waals surface area contributed by atoms with Crippen molar-refractivity contribution in [3.05, 3.63) is 43.7 Å². The number of halogens is 2. The van der Waals surface area contributed by atoms with Crippen LogP contribution in [0.1, 0.15) is 16.5 Å². The maximum absolute atomic E-state index is 6.01. The number of fused-ring (bicyclic) bond motifs is 1. The molecule has 98 valence electrons. The van der Waals surface area contributed by atoms with Crippen molar-refractivity contribution in [3.8, 4) is 0 Å². The van der Waals surface area contributed by atoms with Crippen molar-refractivity contribution in [2.45, 2.75) is 19.3 Å². The van der Waals surface area contributed by atoms with Gasteiger partial charge in [0.1, 0.15) is 10.8 Å². The maximum Gasteiger partial charge on any atom is 0.125 e. The Morgan fingerprint density at radius 3 is 2.89 bits per heavy atom. The number of aromatic nitrogens is 3. The van der Waals surface area contributed by atoms with Crippen LogP contribution in [0.3, 0.4) is 0 Å². The number of hydrogen-bond donors (Lipinski definition) is 0. The Morgan fingerprint density at radius 1 is 1.37 bits per heavy atom. The molecule has 0 bridgehead atoms. The number of nitrogens with zero attached hydrogens (tertiary/aromatic N) is 3. The van der Waals surface area contributed by atoms with Crippen molar-refractivity contribution in [1.82, 2.24) is 14.5 Å². The van der Waals surface area contributed by atoms with Gasteiger partial charge in [-0.3, -0.25) is 0 Å². The average Bonchev–Trinajstić information content (AvgIpc) is 2.94. The van der Waals surface area contributed by atoms with Crippen LogP contribution in [-0.4, -0.2) is 14.5 Å². The van der Waals surface area contributed by atoms with Crippen molar-refractivity contribution in [2.24, 2.45) is 0 Å². The average molecular weight is 404 g/mol. The van der Waals surface area contributed by atoms with Crippen molar-refractivity contribution in [1.29, 1.82) is 0 Å². The van der Waals surface area contributed by atoms with Crippen LogP contribution in [0.2, 0.25) is 0 Å². The van der Waals surface area contributed by atoms with Gasteiger partial charge in [-0.25, -0.2) is 9.97 Å². The molecular formula is C13H11ClIN3S. The summed E-state index contributed by atoms with van der Waals surface area (Å²) < 4.78 is 3.33. The fourth-order valence-electron chi connectivity index (χ4n) is 2.04. The highest BCUT2D eigenvalue weighted by Crippen LogP contribution is 2.22. The third kappa shape index (κ3) is 2.64. The molecule has 0 saturated heterocycles. The van der Waals surface area contributed by atoms with Crippen molar-refractivity contribution in [2.75, 3.05) is 0 Å². The Kier molecular flexibility index (Phi) is 3.77. The monoisotopic (exact) mass is 403 g/mol. The molecule has 2 heterocycles.